The molecule has 2 heteroatoms. The molecule has 0 aliphatic carbocycles. The lowest BCUT2D eigenvalue weighted by Gasteiger charge is -2.11. The summed E-state index contributed by atoms with van der Waals surface area (Å²) in [7, 11) is 0. The number of Topliss-reactive ketones (excluding diaryl/α,β-unsaturated/α-hetero) is 1. The van der Waals surface area contributed by atoms with Crippen LogP contribution in [0.15, 0.2) is 0 Å². The van der Waals surface area contributed by atoms with E-state index in [1.165, 1.54) is 0 Å². The van der Waals surface area contributed by atoms with Crippen LogP contribution in [0, 0.1) is 11.8 Å². The van der Waals surface area contributed by atoms with Crippen LogP contribution in [-0.2, 0) is 4.79 Å². The fourth-order valence-electron chi connectivity index (χ4n) is 1.03. The third kappa shape index (κ3) is 4.14. The summed E-state index contributed by atoms with van der Waals surface area (Å²) in [6.45, 7) is 5.96. The molecule has 0 aromatic heterocycles. The Labute approximate surface area is 68.6 Å². The number of hydrogen-bond donors (Lipinski definition) is 1. The molecule has 0 bridgehead atoms. The second kappa shape index (κ2) is 5.30. The summed E-state index contributed by atoms with van der Waals surface area (Å²) in [4.78, 5) is 11.3. The molecule has 0 rings (SSSR count). The van der Waals surface area contributed by atoms with E-state index in [0.29, 0.717) is 12.3 Å². The van der Waals surface area contributed by atoms with Gasteiger partial charge >= 0.3 is 0 Å². The first-order valence-electron chi connectivity index (χ1n) is 4.25. The predicted octanol–water partition coefficient (Wildman–Crippen LogP) is 1.62. The number of rotatable bonds is 5. The van der Waals surface area contributed by atoms with Crippen molar-refractivity contribution in [2.75, 3.05) is 6.61 Å². The van der Waals surface area contributed by atoms with Gasteiger partial charge in [0.15, 0.2) is 0 Å². The first-order valence-corrected chi connectivity index (χ1v) is 4.25. The van der Waals surface area contributed by atoms with Gasteiger partial charge in [-0.05, 0) is 12.3 Å². The molecule has 0 fully saturated rings. The molecule has 0 saturated carbocycles. The fourth-order valence-corrected chi connectivity index (χ4v) is 1.03. The van der Waals surface area contributed by atoms with E-state index in [-0.39, 0.29) is 18.3 Å². The SMILES string of the molecule is CCC(CO)C(=O)CC(C)C. The Morgan fingerprint density at radius 2 is 2.00 bits per heavy atom. The molecule has 0 aromatic carbocycles. The van der Waals surface area contributed by atoms with Crippen molar-refractivity contribution in [1.82, 2.24) is 0 Å². The molecule has 0 aliphatic heterocycles. The van der Waals surface area contributed by atoms with Crippen molar-refractivity contribution < 1.29 is 9.90 Å². The summed E-state index contributed by atoms with van der Waals surface area (Å²) in [6.07, 6.45) is 1.35. The maximum atomic E-state index is 11.3. The molecular weight excluding hydrogens is 140 g/mol. The van der Waals surface area contributed by atoms with Crippen molar-refractivity contribution in [2.24, 2.45) is 11.8 Å². The van der Waals surface area contributed by atoms with E-state index >= 15 is 0 Å². The Morgan fingerprint density at radius 3 is 2.27 bits per heavy atom. The van der Waals surface area contributed by atoms with Gasteiger partial charge in [0.1, 0.15) is 5.78 Å². The number of carbonyl (C=O) groups is 1. The summed E-state index contributed by atoms with van der Waals surface area (Å²) < 4.78 is 0. The Bertz CT molecular complexity index is 115. The molecule has 1 atom stereocenters. The van der Waals surface area contributed by atoms with Crippen molar-refractivity contribution in [3.63, 3.8) is 0 Å². The van der Waals surface area contributed by atoms with Crippen molar-refractivity contribution in [3.05, 3.63) is 0 Å². The Kier molecular flexibility index (Phi) is 5.12. The molecule has 0 amide bonds. The molecule has 11 heavy (non-hydrogen) atoms. The lowest BCUT2D eigenvalue weighted by atomic mass is 9.95. The number of aliphatic hydroxyl groups is 1. The average Bonchev–Trinajstić information content (AvgIpc) is 1.88. The second-order valence-corrected chi connectivity index (χ2v) is 3.35. The van der Waals surface area contributed by atoms with Crippen molar-refractivity contribution in [3.8, 4) is 0 Å². The van der Waals surface area contributed by atoms with E-state index in [4.69, 9.17) is 5.11 Å². The zero-order chi connectivity index (χ0) is 8.85. The van der Waals surface area contributed by atoms with Crippen LogP contribution in [0.2, 0.25) is 0 Å². The summed E-state index contributed by atoms with van der Waals surface area (Å²) in [5.74, 6) is 0.477. The summed E-state index contributed by atoms with van der Waals surface area (Å²) in [5, 5.41) is 8.79. The third-order valence-corrected chi connectivity index (χ3v) is 1.78. The van der Waals surface area contributed by atoms with Crippen LogP contribution in [0.1, 0.15) is 33.6 Å². The van der Waals surface area contributed by atoms with Crippen molar-refractivity contribution >= 4 is 5.78 Å². The van der Waals surface area contributed by atoms with Crippen molar-refractivity contribution in [1.29, 1.82) is 0 Å². The predicted molar refractivity (Wildman–Crippen MR) is 45.3 cm³/mol. The van der Waals surface area contributed by atoms with Crippen molar-refractivity contribution in [2.45, 2.75) is 33.6 Å². The molecule has 0 saturated heterocycles. The molecular formula is C9H18O2. The quantitative estimate of drug-likeness (QED) is 0.660. The van der Waals surface area contributed by atoms with Crippen LogP contribution in [0.25, 0.3) is 0 Å². The molecule has 66 valence electrons. The van der Waals surface area contributed by atoms with Crippen LogP contribution >= 0.6 is 0 Å². The first-order chi connectivity index (χ1) is 5.11. The molecule has 0 radical (unpaired) electrons. The standard InChI is InChI=1S/C9H18O2/c1-4-8(6-10)9(11)5-7(2)3/h7-8,10H,4-6H2,1-3H3. The van der Waals surface area contributed by atoms with Crippen LogP contribution in [-0.4, -0.2) is 17.5 Å². The van der Waals surface area contributed by atoms with Gasteiger partial charge in [0, 0.05) is 12.3 Å². The summed E-state index contributed by atoms with van der Waals surface area (Å²) in [5.41, 5.74) is 0. The Hall–Kier alpha value is -0.370. The number of aliphatic hydroxyl groups excluding tert-OH is 1. The highest BCUT2D eigenvalue weighted by atomic mass is 16.3. The second-order valence-electron chi connectivity index (χ2n) is 3.35. The Morgan fingerprint density at radius 1 is 1.45 bits per heavy atom. The van der Waals surface area contributed by atoms with Gasteiger partial charge in [-0.3, -0.25) is 4.79 Å². The van der Waals surface area contributed by atoms with E-state index in [1.54, 1.807) is 0 Å². The minimum absolute atomic E-state index is 0.00204. The van der Waals surface area contributed by atoms with Crippen LogP contribution in [0.4, 0.5) is 0 Å². The largest absolute Gasteiger partial charge is 0.396 e. The van der Waals surface area contributed by atoms with Gasteiger partial charge in [-0.15, -0.1) is 0 Å². The zero-order valence-electron chi connectivity index (χ0n) is 7.63. The molecule has 2 nitrogen and oxygen atoms in total. The highest BCUT2D eigenvalue weighted by Crippen LogP contribution is 2.10. The van der Waals surface area contributed by atoms with Crippen LogP contribution in [0.5, 0.6) is 0 Å². The monoisotopic (exact) mass is 158 g/mol. The maximum Gasteiger partial charge on any atom is 0.138 e. The number of carbonyl (C=O) groups excluding carboxylic acids is 1. The average molecular weight is 158 g/mol. The van der Waals surface area contributed by atoms with Gasteiger partial charge in [0.05, 0.1) is 6.61 Å². The van der Waals surface area contributed by atoms with E-state index in [1.807, 2.05) is 20.8 Å². The van der Waals surface area contributed by atoms with E-state index in [0.717, 1.165) is 6.42 Å². The molecule has 0 heterocycles. The highest BCUT2D eigenvalue weighted by Gasteiger charge is 2.15. The topological polar surface area (TPSA) is 37.3 Å². The highest BCUT2D eigenvalue weighted by molar-refractivity contribution is 5.81. The summed E-state index contributed by atoms with van der Waals surface area (Å²) in [6, 6.07) is 0. The van der Waals surface area contributed by atoms with E-state index < -0.39 is 0 Å². The van der Waals surface area contributed by atoms with Gasteiger partial charge in [-0.1, -0.05) is 20.8 Å². The molecule has 0 aliphatic rings. The minimum Gasteiger partial charge on any atom is -0.396 e. The van der Waals surface area contributed by atoms with E-state index in [9.17, 15) is 4.79 Å². The lowest BCUT2D eigenvalue weighted by Crippen LogP contribution is -2.18. The normalized spacial score (nSPS) is 13.5. The Balaban J connectivity index is 3.79. The zero-order valence-corrected chi connectivity index (χ0v) is 7.63. The van der Waals surface area contributed by atoms with Gasteiger partial charge in [0.25, 0.3) is 0 Å². The van der Waals surface area contributed by atoms with Crippen LogP contribution < -0.4 is 0 Å². The minimum atomic E-state index is -0.127. The van der Waals surface area contributed by atoms with E-state index in [2.05, 4.69) is 0 Å². The summed E-state index contributed by atoms with van der Waals surface area (Å²) >= 11 is 0. The third-order valence-electron chi connectivity index (χ3n) is 1.78. The number of ketones is 1. The smallest absolute Gasteiger partial charge is 0.138 e. The van der Waals surface area contributed by atoms with Gasteiger partial charge in [0.2, 0.25) is 0 Å². The maximum absolute atomic E-state index is 11.3. The van der Waals surface area contributed by atoms with Gasteiger partial charge in [-0.25, -0.2) is 0 Å². The van der Waals surface area contributed by atoms with Gasteiger partial charge < -0.3 is 5.11 Å². The van der Waals surface area contributed by atoms with Gasteiger partial charge in [-0.2, -0.15) is 0 Å². The van der Waals surface area contributed by atoms with Crippen LogP contribution in [0.3, 0.4) is 0 Å². The molecule has 0 aromatic rings. The molecule has 1 N–H and O–H groups in total. The fraction of sp³-hybridized carbons (Fsp3) is 0.889. The first kappa shape index (κ1) is 10.6. The number of hydrogen-bond acceptors (Lipinski definition) is 2. The molecule has 1 unspecified atom stereocenters. The molecule has 0 spiro atoms. The lowest BCUT2D eigenvalue weighted by molar-refractivity contribution is -0.124.